The fourth-order valence-electron chi connectivity index (χ4n) is 2.62. The minimum absolute atomic E-state index is 0.0393. The van der Waals surface area contributed by atoms with Gasteiger partial charge >= 0.3 is 11.9 Å². The van der Waals surface area contributed by atoms with Gasteiger partial charge in [0.25, 0.3) is 0 Å². The minimum atomic E-state index is -3.69. The Labute approximate surface area is 134 Å². The van der Waals surface area contributed by atoms with Crippen molar-refractivity contribution in [3.63, 3.8) is 0 Å². The lowest BCUT2D eigenvalue weighted by Crippen LogP contribution is -2.51. The molecule has 0 aliphatic carbocycles. The lowest BCUT2D eigenvalue weighted by molar-refractivity contribution is -0.171. The number of carbonyl (C=O) groups is 2. The van der Waals surface area contributed by atoms with Crippen molar-refractivity contribution in [2.45, 2.75) is 24.7 Å². The number of nitrogens with zero attached hydrogens (tertiary/aromatic N) is 1. The van der Waals surface area contributed by atoms with E-state index >= 15 is 0 Å². The van der Waals surface area contributed by atoms with Gasteiger partial charge in [-0.05, 0) is 31.9 Å². The molecule has 0 amide bonds. The van der Waals surface area contributed by atoms with Gasteiger partial charge in [0.1, 0.15) is 0 Å². The third-order valence-corrected chi connectivity index (χ3v) is 5.95. The van der Waals surface area contributed by atoms with Gasteiger partial charge in [-0.2, -0.15) is 4.31 Å². The third-order valence-electron chi connectivity index (χ3n) is 4.03. The molecule has 0 radical (unpaired) electrons. The van der Waals surface area contributed by atoms with Gasteiger partial charge in [0.05, 0.1) is 11.5 Å². The van der Waals surface area contributed by atoms with Crippen molar-refractivity contribution in [1.82, 2.24) is 4.31 Å². The van der Waals surface area contributed by atoms with Crippen LogP contribution in [0.1, 0.15) is 19.8 Å². The summed E-state index contributed by atoms with van der Waals surface area (Å²) < 4.78 is 31.1. The molecule has 0 atom stereocenters. The van der Waals surface area contributed by atoms with E-state index in [2.05, 4.69) is 0 Å². The van der Waals surface area contributed by atoms with Gasteiger partial charge in [-0.3, -0.25) is 9.59 Å². The highest BCUT2D eigenvalue weighted by molar-refractivity contribution is 7.89. The molecule has 0 unspecified atom stereocenters. The van der Waals surface area contributed by atoms with Gasteiger partial charge in [-0.15, -0.1) is 0 Å². The molecule has 1 N–H and O–H groups in total. The summed E-state index contributed by atoms with van der Waals surface area (Å²) in [5.41, 5.74) is -1.67. The average molecular weight is 341 g/mol. The smallest absolute Gasteiger partial charge is 0.323 e. The molecule has 0 saturated carbocycles. The van der Waals surface area contributed by atoms with E-state index in [0.29, 0.717) is 0 Å². The number of carboxylic acid groups (broad SMARTS) is 1. The van der Waals surface area contributed by atoms with Crippen LogP contribution < -0.4 is 0 Å². The highest BCUT2D eigenvalue weighted by Gasteiger charge is 2.51. The number of carbonyl (C=O) groups excluding carboxylic acids is 1. The highest BCUT2D eigenvalue weighted by atomic mass is 32.2. The Morgan fingerprint density at radius 2 is 1.78 bits per heavy atom. The van der Waals surface area contributed by atoms with Gasteiger partial charge in [0.2, 0.25) is 10.0 Å². The summed E-state index contributed by atoms with van der Waals surface area (Å²) in [5, 5.41) is 9.42. The van der Waals surface area contributed by atoms with Crippen molar-refractivity contribution in [3.05, 3.63) is 30.3 Å². The van der Waals surface area contributed by atoms with Crippen molar-refractivity contribution in [3.8, 4) is 0 Å². The van der Waals surface area contributed by atoms with E-state index in [9.17, 15) is 23.1 Å². The predicted octanol–water partition coefficient (Wildman–Crippen LogP) is 1.11. The maximum absolute atomic E-state index is 12.5. The molecular weight excluding hydrogens is 322 g/mol. The number of sulfonamides is 1. The van der Waals surface area contributed by atoms with Crippen molar-refractivity contribution in [1.29, 1.82) is 0 Å². The van der Waals surface area contributed by atoms with Gasteiger partial charge in [-0.25, -0.2) is 8.42 Å². The quantitative estimate of drug-likeness (QED) is 0.636. The second-order valence-corrected chi connectivity index (χ2v) is 7.26. The van der Waals surface area contributed by atoms with Crippen molar-refractivity contribution >= 4 is 22.0 Å². The number of hydrogen-bond donors (Lipinski definition) is 1. The normalized spacial score (nSPS) is 18.3. The van der Waals surface area contributed by atoms with Gasteiger partial charge in [0, 0.05) is 13.1 Å². The van der Waals surface area contributed by atoms with Crippen LogP contribution in [0.25, 0.3) is 0 Å². The number of piperidine rings is 1. The first-order valence-electron chi connectivity index (χ1n) is 7.30. The second kappa shape index (κ2) is 6.67. The summed E-state index contributed by atoms with van der Waals surface area (Å²) in [5.74, 6) is -2.07. The summed E-state index contributed by atoms with van der Waals surface area (Å²) in [4.78, 5) is 23.7. The third kappa shape index (κ3) is 3.23. The molecule has 2 rings (SSSR count). The van der Waals surface area contributed by atoms with E-state index in [1.807, 2.05) is 0 Å². The lowest BCUT2D eigenvalue weighted by Gasteiger charge is -2.36. The van der Waals surface area contributed by atoms with E-state index < -0.39 is 27.4 Å². The molecule has 126 valence electrons. The average Bonchev–Trinajstić information content (AvgIpc) is 2.55. The zero-order chi connectivity index (χ0) is 17.1. The van der Waals surface area contributed by atoms with Crippen molar-refractivity contribution in [2.75, 3.05) is 19.7 Å². The number of ether oxygens (including phenoxy) is 1. The summed E-state index contributed by atoms with van der Waals surface area (Å²) in [7, 11) is -3.69. The molecule has 23 heavy (non-hydrogen) atoms. The van der Waals surface area contributed by atoms with Crippen molar-refractivity contribution in [2.24, 2.45) is 5.41 Å². The molecule has 7 nitrogen and oxygen atoms in total. The standard InChI is InChI=1S/C15H19NO6S/c1-2-22-14(19)15(13(17)18)8-10-16(11-9-15)23(20,21)12-6-4-3-5-7-12/h3-7H,2,8-11H2,1H3,(H,17,18). The molecule has 0 bridgehead atoms. The number of carboxylic acids is 1. The summed E-state index contributed by atoms with van der Waals surface area (Å²) in [6.07, 6.45) is -0.208. The Morgan fingerprint density at radius 3 is 2.26 bits per heavy atom. The molecule has 0 spiro atoms. The first-order chi connectivity index (χ1) is 10.8. The zero-order valence-corrected chi connectivity index (χ0v) is 13.6. The predicted molar refractivity (Wildman–Crippen MR) is 81.1 cm³/mol. The topological polar surface area (TPSA) is 101 Å². The molecule has 1 fully saturated rings. The molecule has 1 aliphatic heterocycles. The fourth-order valence-corrected chi connectivity index (χ4v) is 4.09. The summed E-state index contributed by atoms with van der Waals surface area (Å²) in [6, 6.07) is 7.93. The second-order valence-electron chi connectivity index (χ2n) is 5.32. The van der Waals surface area contributed by atoms with Crippen molar-refractivity contribution < 1.29 is 27.9 Å². The summed E-state index contributed by atoms with van der Waals surface area (Å²) >= 11 is 0. The van der Waals surface area contributed by atoms with E-state index in [1.54, 1.807) is 25.1 Å². The number of hydrogen-bond acceptors (Lipinski definition) is 5. The Kier molecular flexibility index (Phi) is 5.06. The van der Waals surface area contributed by atoms with Crippen LogP contribution in [-0.2, 0) is 24.3 Å². The molecular formula is C15H19NO6S. The summed E-state index contributed by atoms with van der Waals surface area (Å²) in [6.45, 7) is 1.60. The van der Waals surface area contributed by atoms with E-state index in [4.69, 9.17) is 4.74 Å². The maximum Gasteiger partial charge on any atom is 0.323 e. The van der Waals surface area contributed by atoms with Crippen LogP contribution >= 0.6 is 0 Å². The number of esters is 1. The van der Waals surface area contributed by atoms with Gasteiger partial charge in [-0.1, -0.05) is 18.2 Å². The van der Waals surface area contributed by atoms with Gasteiger partial charge in [0.15, 0.2) is 5.41 Å². The Hall–Kier alpha value is -1.93. The molecule has 1 aliphatic rings. The number of rotatable bonds is 5. The Balaban J connectivity index is 2.19. The monoisotopic (exact) mass is 341 g/mol. The van der Waals surface area contributed by atoms with Crippen LogP contribution in [0, 0.1) is 5.41 Å². The Morgan fingerprint density at radius 1 is 1.22 bits per heavy atom. The van der Waals surface area contributed by atoms with Crippen LogP contribution in [0.4, 0.5) is 0 Å². The number of benzene rings is 1. The van der Waals surface area contributed by atoms with Crippen LogP contribution in [0.2, 0.25) is 0 Å². The molecule has 0 aromatic heterocycles. The molecule has 8 heteroatoms. The zero-order valence-electron chi connectivity index (χ0n) is 12.8. The van der Waals surface area contributed by atoms with E-state index in [1.165, 1.54) is 16.4 Å². The first-order valence-corrected chi connectivity index (χ1v) is 8.74. The first kappa shape index (κ1) is 17.4. The molecule has 1 aromatic rings. The minimum Gasteiger partial charge on any atom is -0.480 e. The molecule has 1 saturated heterocycles. The largest absolute Gasteiger partial charge is 0.480 e. The van der Waals surface area contributed by atoms with Crippen LogP contribution in [-0.4, -0.2) is 49.5 Å². The fraction of sp³-hybridized carbons (Fsp3) is 0.467. The number of aliphatic carboxylic acids is 1. The Bertz CT molecular complexity index is 677. The van der Waals surface area contributed by atoms with E-state index in [0.717, 1.165) is 0 Å². The highest BCUT2D eigenvalue weighted by Crippen LogP contribution is 2.35. The maximum atomic E-state index is 12.5. The molecule has 1 aromatic carbocycles. The van der Waals surface area contributed by atoms with E-state index in [-0.39, 0.29) is 37.4 Å². The lowest BCUT2D eigenvalue weighted by atomic mass is 9.79. The molecule has 1 heterocycles. The van der Waals surface area contributed by atoms with Gasteiger partial charge < -0.3 is 9.84 Å². The van der Waals surface area contributed by atoms with Crippen LogP contribution in [0.5, 0.6) is 0 Å². The SMILES string of the molecule is CCOC(=O)C1(C(=O)O)CCN(S(=O)(=O)c2ccccc2)CC1. The van der Waals surface area contributed by atoms with Crippen LogP contribution in [0.15, 0.2) is 35.2 Å². The van der Waals surface area contributed by atoms with Crippen LogP contribution in [0.3, 0.4) is 0 Å².